The van der Waals surface area contributed by atoms with Gasteiger partial charge in [0.2, 0.25) is 0 Å². The van der Waals surface area contributed by atoms with Crippen LogP contribution in [0.2, 0.25) is 0 Å². The first-order valence-corrected chi connectivity index (χ1v) is 8.22. The molecule has 0 amide bonds. The molecular weight excluding hydrogens is 314 g/mol. The van der Waals surface area contributed by atoms with E-state index in [1.54, 1.807) is 0 Å². The van der Waals surface area contributed by atoms with Gasteiger partial charge >= 0.3 is 0 Å². The highest BCUT2D eigenvalue weighted by Gasteiger charge is 2.14. The minimum Gasteiger partial charge on any atom is -0.491 e. The SMILES string of the molecule is CS(=O)(=O)c1ccc(OCC(O)c2ccc(F)cc2F)cc1. The zero-order valence-corrected chi connectivity index (χ0v) is 12.5. The third-order valence-corrected chi connectivity index (χ3v) is 4.11. The number of benzene rings is 2. The first-order valence-electron chi connectivity index (χ1n) is 6.33. The first-order chi connectivity index (χ1) is 10.3. The lowest BCUT2D eigenvalue weighted by Crippen LogP contribution is -2.11. The molecule has 1 N–H and O–H groups in total. The predicted molar refractivity (Wildman–Crippen MR) is 76.4 cm³/mol. The van der Waals surface area contributed by atoms with E-state index in [-0.39, 0.29) is 17.1 Å². The van der Waals surface area contributed by atoms with Crippen molar-refractivity contribution in [3.8, 4) is 5.75 Å². The van der Waals surface area contributed by atoms with Crippen LogP contribution in [0.25, 0.3) is 0 Å². The van der Waals surface area contributed by atoms with Gasteiger partial charge in [0, 0.05) is 17.9 Å². The molecule has 0 spiro atoms. The van der Waals surface area contributed by atoms with E-state index in [4.69, 9.17) is 4.74 Å². The topological polar surface area (TPSA) is 63.6 Å². The van der Waals surface area contributed by atoms with Crippen molar-refractivity contribution in [3.05, 3.63) is 59.7 Å². The summed E-state index contributed by atoms with van der Waals surface area (Å²) in [5.41, 5.74) is -0.0749. The molecule has 22 heavy (non-hydrogen) atoms. The number of rotatable bonds is 5. The van der Waals surface area contributed by atoms with Crippen molar-refractivity contribution < 1.29 is 27.0 Å². The Morgan fingerprint density at radius 2 is 1.77 bits per heavy atom. The fraction of sp³-hybridized carbons (Fsp3) is 0.200. The van der Waals surface area contributed by atoms with E-state index in [0.29, 0.717) is 11.8 Å². The van der Waals surface area contributed by atoms with Gasteiger partial charge in [0.05, 0.1) is 4.90 Å². The number of aliphatic hydroxyl groups excluding tert-OH is 1. The van der Waals surface area contributed by atoms with Crippen molar-refractivity contribution in [2.45, 2.75) is 11.0 Å². The Morgan fingerprint density at radius 3 is 2.32 bits per heavy atom. The molecule has 1 unspecified atom stereocenters. The number of hydrogen-bond acceptors (Lipinski definition) is 4. The van der Waals surface area contributed by atoms with Gasteiger partial charge in [-0.1, -0.05) is 6.07 Å². The van der Waals surface area contributed by atoms with Gasteiger partial charge in [-0.25, -0.2) is 17.2 Å². The summed E-state index contributed by atoms with van der Waals surface area (Å²) >= 11 is 0. The standard InChI is InChI=1S/C15H14F2O4S/c1-22(19,20)12-5-3-11(4-6-12)21-9-15(18)13-7-2-10(16)8-14(13)17/h2-8,15,18H,9H2,1H3. The maximum Gasteiger partial charge on any atom is 0.175 e. The first kappa shape index (κ1) is 16.4. The van der Waals surface area contributed by atoms with Gasteiger partial charge in [0.1, 0.15) is 30.1 Å². The molecule has 0 aliphatic carbocycles. The van der Waals surface area contributed by atoms with Gasteiger partial charge in [-0.3, -0.25) is 0 Å². The molecule has 7 heteroatoms. The summed E-state index contributed by atoms with van der Waals surface area (Å²) in [5.74, 6) is -1.26. The van der Waals surface area contributed by atoms with E-state index in [9.17, 15) is 22.3 Å². The molecule has 0 aliphatic heterocycles. The fourth-order valence-corrected chi connectivity index (χ4v) is 2.45. The lowest BCUT2D eigenvalue weighted by Gasteiger charge is -2.13. The van der Waals surface area contributed by atoms with Crippen molar-refractivity contribution in [2.24, 2.45) is 0 Å². The van der Waals surface area contributed by atoms with Crippen LogP contribution in [0, 0.1) is 11.6 Å². The maximum atomic E-state index is 13.5. The fourth-order valence-electron chi connectivity index (χ4n) is 1.82. The van der Waals surface area contributed by atoms with Crippen LogP contribution in [0.4, 0.5) is 8.78 Å². The van der Waals surface area contributed by atoms with Gasteiger partial charge < -0.3 is 9.84 Å². The highest BCUT2D eigenvalue weighted by molar-refractivity contribution is 7.90. The molecule has 0 saturated heterocycles. The highest BCUT2D eigenvalue weighted by Crippen LogP contribution is 2.21. The summed E-state index contributed by atoms with van der Waals surface area (Å²) in [6.45, 7) is -0.249. The van der Waals surface area contributed by atoms with E-state index in [0.717, 1.165) is 18.4 Å². The molecule has 0 heterocycles. The smallest absolute Gasteiger partial charge is 0.175 e. The quantitative estimate of drug-likeness (QED) is 0.916. The number of sulfone groups is 1. The van der Waals surface area contributed by atoms with E-state index in [2.05, 4.69) is 0 Å². The zero-order valence-electron chi connectivity index (χ0n) is 11.7. The van der Waals surface area contributed by atoms with Gasteiger partial charge in [-0.05, 0) is 30.3 Å². The van der Waals surface area contributed by atoms with Crippen molar-refractivity contribution >= 4 is 9.84 Å². The Bertz CT molecular complexity index is 758. The average Bonchev–Trinajstić information content (AvgIpc) is 2.44. The molecule has 0 aliphatic rings. The molecule has 2 rings (SSSR count). The van der Waals surface area contributed by atoms with Crippen molar-refractivity contribution in [3.63, 3.8) is 0 Å². The van der Waals surface area contributed by atoms with Crippen LogP contribution in [0.5, 0.6) is 5.75 Å². The molecule has 1 atom stereocenters. The van der Waals surface area contributed by atoms with Crippen LogP contribution in [0.3, 0.4) is 0 Å². The molecule has 0 aromatic heterocycles. The van der Waals surface area contributed by atoms with Crippen LogP contribution in [-0.4, -0.2) is 26.4 Å². The van der Waals surface area contributed by atoms with Crippen molar-refractivity contribution in [1.82, 2.24) is 0 Å². The molecule has 2 aromatic carbocycles. The number of hydrogen-bond donors (Lipinski definition) is 1. The Balaban J connectivity index is 2.03. The second-order valence-electron chi connectivity index (χ2n) is 4.74. The van der Waals surface area contributed by atoms with E-state index in [1.165, 1.54) is 24.3 Å². The summed E-state index contributed by atoms with van der Waals surface area (Å²) in [5, 5.41) is 9.85. The largest absolute Gasteiger partial charge is 0.491 e. The second kappa shape index (κ2) is 6.41. The summed E-state index contributed by atoms with van der Waals surface area (Å²) in [4.78, 5) is 0.143. The normalized spacial score (nSPS) is 12.9. The molecule has 4 nitrogen and oxygen atoms in total. The minimum atomic E-state index is -3.29. The minimum absolute atomic E-state index is 0.0749. The molecule has 0 fully saturated rings. The van der Waals surface area contributed by atoms with Gasteiger partial charge in [-0.15, -0.1) is 0 Å². The molecular formula is C15H14F2O4S. The Morgan fingerprint density at radius 1 is 1.14 bits per heavy atom. The Labute approximate surface area is 126 Å². The van der Waals surface area contributed by atoms with Gasteiger partial charge in [0.25, 0.3) is 0 Å². The van der Waals surface area contributed by atoms with Crippen LogP contribution >= 0.6 is 0 Å². The molecule has 118 valence electrons. The maximum absolute atomic E-state index is 13.5. The zero-order chi connectivity index (χ0) is 16.3. The molecule has 0 bridgehead atoms. The second-order valence-corrected chi connectivity index (χ2v) is 6.75. The average molecular weight is 328 g/mol. The van der Waals surface area contributed by atoms with Gasteiger partial charge in [0.15, 0.2) is 9.84 Å². The van der Waals surface area contributed by atoms with E-state index >= 15 is 0 Å². The monoisotopic (exact) mass is 328 g/mol. The van der Waals surface area contributed by atoms with Gasteiger partial charge in [-0.2, -0.15) is 0 Å². The molecule has 2 aromatic rings. The summed E-state index contributed by atoms with van der Waals surface area (Å²) < 4.78 is 54.2. The summed E-state index contributed by atoms with van der Waals surface area (Å²) in [7, 11) is -3.29. The summed E-state index contributed by atoms with van der Waals surface area (Å²) in [6.07, 6.45) is -0.181. The summed E-state index contributed by atoms with van der Waals surface area (Å²) in [6, 6.07) is 8.48. The predicted octanol–water partition coefficient (Wildman–Crippen LogP) is 2.48. The molecule has 0 radical (unpaired) electrons. The van der Waals surface area contributed by atoms with Crippen LogP contribution in [0.1, 0.15) is 11.7 Å². The third-order valence-electron chi connectivity index (χ3n) is 2.98. The van der Waals surface area contributed by atoms with Crippen LogP contribution in [0.15, 0.2) is 47.4 Å². The molecule has 0 saturated carbocycles. The van der Waals surface area contributed by atoms with E-state index in [1.807, 2.05) is 0 Å². The van der Waals surface area contributed by atoms with E-state index < -0.39 is 27.6 Å². The number of aliphatic hydroxyl groups is 1. The number of halogens is 2. The Hall–Kier alpha value is -1.99. The number of ether oxygens (including phenoxy) is 1. The third kappa shape index (κ3) is 4.02. The highest BCUT2D eigenvalue weighted by atomic mass is 32.2. The lowest BCUT2D eigenvalue weighted by molar-refractivity contribution is 0.105. The van der Waals surface area contributed by atoms with Crippen LogP contribution < -0.4 is 4.74 Å². The lowest BCUT2D eigenvalue weighted by atomic mass is 10.1. The van der Waals surface area contributed by atoms with Crippen molar-refractivity contribution in [2.75, 3.05) is 12.9 Å². The Kier molecular flexibility index (Phi) is 4.77. The van der Waals surface area contributed by atoms with Crippen molar-refractivity contribution in [1.29, 1.82) is 0 Å². The van der Waals surface area contributed by atoms with Crippen LogP contribution in [-0.2, 0) is 9.84 Å².